The number of benzene rings is 1. The van der Waals surface area contributed by atoms with E-state index in [1.54, 1.807) is 6.21 Å². The van der Waals surface area contributed by atoms with Gasteiger partial charge >= 0.3 is 0 Å². The van der Waals surface area contributed by atoms with Crippen LogP contribution in [-0.4, -0.2) is 28.6 Å². The van der Waals surface area contributed by atoms with Gasteiger partial charge in [0.15, 0.2) is 0 Å². The fourth-order valence-corrected chi connectivity index (χ4v) is 4.13. The van der Waals surface area contributed by atoms with Crippen LogP contribution in [0.2, 0.25) is 0 Å². The molecule has 0 bridgehead atoms. The summed E-state index contributed by atoms with van der Waals surface area (Å²) in [5.41, 5.74) is 9.10. The molecule has 3 rings (SSSR count). The highest BCUT2D eigenvalue weighted by Crippen LogP contribution is 2.23. The minimum atomic E-state index is -0.400. The first-order chi connectivity index (χ1) is 14.3. The van der Waals surface area contributed by atoms with Gasteiger partial charge in [-0.25, -0.2) is 5.43 Å². The summed E-state index contributed by atoms with van der Waals surface area (Å²) in [5.74, 6) is -0.634. The van der Waals surface area contributed by atoms with Crippen molar-refractivity contribution in [2.24, 2.45) is 5.10 Å². The Morgan fingerprint density at radius 2 is 1.80 bits per heavy atom. The van der Waals surface area contributed by atoms with Crippen LogP contribution in [0, 0.1) is 27.7 Å². The highest BCUT2D eigenvalue weighted by molar-refractivity contribution is 5.97. The number of nitrogens with one attached hydrogen (secondary N) is 2. The van der Waals surface area contributed by atoms with E-state index < -0.39 is 5.91 Å². The Bertz CT molecular complexity index is 952. The first-order valence-electron chi connectivity index (χ1n) is 10.7. The summed E-state index contributed by atoms with van der Waals surface area (Å²) in [5, 5.41) is 7.02. The number of carbonyl (C=O) groups excluding carboxylic acids is 2. The van der Waals surface area contributed by atoms with E-state index in [1.165, 1.54) is 17.5 Å². The second-order valence-corrected chi connectivity index (χ2v) is 8.32. The second kappa shape index (κ2) is 9.74. The molecular formula is C24H32N4O2. The molecule has 1 saturated carbocycles. The number of carbonyl (C=O) groups is 2. The number of hydrogen-bond acceptors (Lipinski definition) is 3. The lowest BCUT2D eigenvalue weighted by Gasteiger charge is -2.22. The number of aryl methyl sites for hydroxylation is 3. The third-order valence-electron chi connectivity index (χ3n) is 5.76. The van der Waals surface area contributed by atoms with Crippen LogP contribution in [-0.2, 0) is 9.59 Å². The standard InChI is InChI=1S/C24H32N4O2/c1-16-10-11-17(2)22(12-16)28-18(3)13-20(19(28)4)15-25-27-24(30)14-23(29)26-21-8-6-5-7-9-21/h10-13,15,21H,5-9,14H2,1-4H3,(H,26,29)(H,27,30)/b25-15+. The second-order valence-electron chi connectivity index (χ2n) is 8.32. The molecule has 2 amide bonds. The summed E-state index contributed by atoms with van der Waals surface area (Å²) in [6.45, 7) is 8.27. The molecule has 6 nitrogen and oxygen atoms in total. The van der Waals surface area contributed by atoms with Crippen LogP contribution in [0.15, 0.2) is 29.4 Å². The van der Waals surface area contributed by atoms with Crippen molar-refractivity contribution in [1.29, 1.82) is 0 Å². The van der Waals surface area contributed by atoms with Crippen molar-refractivity contribution >= 4 is 18.0 Å². The van der Waals surface area contributed by atoms with Crippen LogP contribution in [0.4, 0.5) is 0 Å². The quantitative estimate of drug-likeness (QED) is 0.431. The Hall–Kier alpha value is -2.89. The lowest BCUT2D eigenvalue weighted by atomic mass is 9.95. The maximum Gasteiger partial charge on any atom is 0.249 e. The van der Waals surface area contributed by atoms with Crippen molar-refractivity contribution in [2.45, 2.75) is 72.3 Å². The van der Waals surface area contributed by atoms with E-state index in [1.807, 2.05) is 13.0 Å². The van der Waals surface area contributed by atoms with E-state index in [0.717, 1.165) is 48.3 Å². The van der Waals surface area contributed by atoms with Gasteiger partial charge in [-0.15, -0.1) is 0 Å². The highest BCUT2D eigenvalue weighted by atomic mass is 16.2. The van der Waals surface area contributed by atoms with Crippen LogP contribution in [0.25, 0.3) is 5.69 Å². The van der Waals surface area contributed by atoms with Gasteiger partial charge in [-0.2, -0.15) is 5.10 Å². The molecule has 2 aromatic rings. The largest absolute Gasteiger partial charge is 0.353 e. The molecule has 30 heavy (non-hydrogen) atoms. The van der Waals surface area contributed by atoms with Crippen LogP contribution in [0.5, 0.6) is 0 Å². The van der Waals surface area contributed by atoms with Crippen LogP contribution < -0.4 is 10.7 Å². The van der Waals surface area contributed by atoms with Gasteiger partial charge in [-0.1, -0.05) is 31.4 Å². The van der Waals surface area contributed by atoms with Crippen LogP contribution in [0.1, 0.15) is 66.6 Å². The Kier molecular flexibility index (Phi) is 7.08. The van der Waals surface area contributed by atoms with Crippen molar-refractivity contribution < 1.29 is 9.59 Å². The normalized spacial score (nSPS) is 14.8. The minimum absolute atomic E-state index is 0.199. The molecule has 1 aromatic carbocycles. The van der Waals surface area contributed by atoms with E-state index in [2.05, 4.69) is 59.4 Å². The van der Waals surface area contributed by atoms with Gasteiger partial charge in [0, 0.05) is 28.7 Å². The summed E-state index contributed by atoms with van der Waals surface area (Å²) >= 11 is 0. The average Bonchev–Trinajstić information content (AvgIpc) is 2.98. The molecule has 0 radical (unpaired) electrons. The van der Waals surface area contributed by atoms with Gasteiger partial charge in [0.2, 0.25) is 11.8 Å². The van der Waals surface area contributed by atoms with Gasteiger partial charge in [-0.05, 0) is 63.8 Å². The zero-order valence-electron chi connectivity index (χ0n) is 18.4. The Labute approximate surface area is 178 Å². The number of nitrogens with zero attached hydrogens (tertiary/aromatic N) is 2. The molecule has 1 aliphatic carbocycles. The van der Waals surface area contributed by atoms with E-state index >= 15 is 0 Å². The summed E-state index contributed by atoms with van der Waals surface area (Å²) < 4.78 is 2.20. The molecule has 1 aromatic heterocycles. The average molecular weight is 409 g/mol. The number of hydrazone groups is 1. The summed E-state index contributed by atoms with van der Waals surface area (Å²) in [4.78, 5) is 24.1. The van der Waals surface area contributed by atoms with Gasteiger partial charge in [0.25, 0.3) is 0 Å². The molecule has 0 unspecified atom stereocenters. The molecule has 1 heterocycles. The third kappa shape index (κ3) is 5.38. The molecule has 0 atom stereocenters. The van der Waals surface area contributed by atoms with Crippen LogP contribution in [0.3, 0.4) is 0 Å². The molecule has 0 saturated heterocycles. The molecule has 6 heteroatoms. The zero-order chi connectivity index (χ0) is 21.7. The Morgan fingerprint density at radius 1 is 1.07 bits per heavy atom. The van der Waals surface area contributed by atoms with Gasteiger partial charge in [0.05, 0.1) is 6.21 Å². The topological polar surface area (TPSA) is 75.5 Å². The van der Waals surface area contributed by atoms with Crippen molar-refractivity contribution in [1.82, 2.24) is 15.3 Å². The van der Waals surface area contributed by atoms with E-state index in [9.17, 15) is 9.59 Å². The number of aromatic nitrogens is 1. The molecular weight excluding hydrogens is 376 g/mol. The monoisotopic (exact) mass is 408 g/mol. The third-order valence-corrected chi connectivity index (χ3v) is 5.76. The van der Waals surface area contributed by atoms with Gasteiger partial charge in [-0.3, -0.25) is 9.59 Å². The summed E-state index contributed by atoms with van der Waals surface area (Å²) in [6, 6.07) is 8.65. The lowest BCUT2D eigenvalue weighted by Crippen LogP contribution is -2.38. The van der Waals surface area contributed by atoms with Gasteiger partial charge in [0.1, 0.15) is 6.42 Å². The fraction of sp³-hybridized carbons (Fsp3) is 0.458. The van der Waals surface area contributed by atoms with E-state index in [0.29, 0.717) is 0 Å². The Balaban J connectivity index is 1.60. The molecule has 0 aliphatic heterocycles. The molecule has 2 N–H and O–H groups in total. The lowest BCUT2D eigenvalue weighted by molar-refractivity contribution is -0.129. The van der Waals surface area contributed by atoms with Crippen molar-refractivity contribution in [2.75, 3.05) is 0 Å². The summed E-state index contributed by atoms with van der Waals surface area (Å²) in [7, 11) is 0. The van der Waals surface area contributed by atoms with Crippen molar-refractivity contribution in [3.8, 4) is 5.69 Å². The summed E-state index contributed by atoms with van der Waals surface area (Å²) in [6.07, 6.45) is 6.95. The predicted octanol–water partition coefficient (Wildman–Crippen LogP) is 4.00. The SMILES string of the molecule is Cc1ccc(C)c(-n2c(C)cc(/C=N/NC(=O)CC(=O)NC3CCCCC3)c2C)c1. The maximum atomic E-state index is 12.1. The van der Waals surface area contributed by atoms with E-state index in [-0.39, 0.29) is 18.4 Å². The highest BCUT2D eigenvalue weighted by Gasteiger charge is 2.17. The maximum absolute atomic E-state index is 12.1. The fourth-order valence-electron chi connectivity index (χ4n) is 4.13. The van der Waals surface area contributed by atoms with Gasteiger partial charge < -0.3 is 9.88 Å². The van der Waals surface area contributed by atoms with E-state index in [4.69, 9.17) is 0 Å². The van der Waals surface area contributed by atoms with Crippen LogP contribution >= 0.6 is 0 Å². The molecule has 1 aliphatic rings. The number of rotatable bonds is 6. The molecule has 0 spiro atoms. The first-order valence-corrected chi connectivity index (χ1v) is 10.7. The van der Waals surface area contributed by atoms with Crippen molar-refractivity contribution in [3.63, 3.8) is 0 Å². The molecule has 1 fully saturated rings. The number of hydrogen-bond donors (Lipinski definition) is 2. The zero-order valence-corrected chi connectivity index (χ0v) is 18.4. The number of amides is 2. The molecule has 160 valence electrons. The minimum Gasteiger partial charge on any atom is -0.353 e. The van der Waals surface area contributed by atoms with Crippen molar-refractivity contribution in [3.05, 3.63) is 52.3 Å². The Morgan fingerprint density at radius 3 is 2.53 bits per heavy atom. The first kappa shape index (κ1) is 21.8. The smallest absolute Gasteiger partial charge is 0.249 e. The predicted molar refractivity (Wildman–Crippen MR) is 120 cm³/mol.